The van der Waals surface area contributed by atoms with Gasteiger partial charge >= 0.3 is 0 Å². The summed E-state index contributed by atoms with van der Waals surface area (Å²) in [6, 6.07) is 22.2. The molecule has 4 atom stereocenters. The SMILES string of the molecule is C=C[C@H]1c2cc(C)ccc2OC[C@@]1(C)N=[N+]=[N-].C=C[C@H]1c2cccc(-c3ccccc3)c2OC[C@@]1(C)N=[N+]=[N-].CC. The third kappa shape index (κ3) is 6.41. The van der Waals surface area contributed by atoms with Gasteiger partial charge in [0.05, 0.1) is 11.1 Å². The fourth-order valence-electron chi connectivity index (χ4n) is 5.29. The Kier molecular flexibility index (Phi) is 10.3. The van der Waals surface area contributed by atoms with Gasteiger partial charge < -0.3 is 9.47 Å². The van der Waals surface area contributed by atoms with Gasteiger partial charge in [0, 0.05) is 38.3 Å². The highest BCUT2D eigenvalue weighted by molar-refractivity contribution is 5.73. The number of hydrogen-bond donors (Lipinski definition) is 0. The van der Waals surface area contributed by atoms with Crippen molar-refractivity contribution in [3.63, 3.8) is 0 Å². The maximum atomic E-state index is 8.85. The van der Waals surface area contributed by atoms with E-state index in [1.165, 1.54) is 0 Å². The molecule has 2 aliphatic rings. The molecule has 0 aromatic heterocycles. The van der Waals surface area contributed by atoms with E-state index in [0.717, 1.165) is 39.3 Å². The fourth-order valence-corrected chi connectivity index (χ4v) is 5.29. The van der Waals surface area contributed by atoms with Crippen LogP contribution in [-0.2, 0) is 0 Å². The molecule has 0 saturated carbocycles. The topological polar surface area (TPSA) is 116 Å². The van der Waals surface area contributed by atoms with Crippen molar-refractivity contribution in [1.29, 1.82) is 0 Å². The van der Waals surface area contributed by atoms with Crippen LogP contribution < -0.4 is 9.47 Å². The molecule has 0 unspecified atom stereocenters. The molecule has 8 nitrogen and oxygen atoms in total. The normalized spacial score (nSPS) is 23.3. The minimum atomic E-state index is -0.654. The van der Waals surface area contributed by atoms with Crippen LogP contribution in [-0.4, -0.2) is 24.3 Å². The molecule has 0 radical (unpaired) electrons. The summed E-state index contributed by atoms with van der Waals surface area (Å²) in [7, 11) is 0. The van der Waals surface area contributed by atoms with Crippen LogP contribution in [0, 0.1) is 6.92 Å². The maximum Gasteiger partial charge on any atom is 0.130 e. The minimum Gasteiger partial charge on any atom is -0.493 e. The molecule has 0 N–H and O–H groups in total. The Morgan fingerprint density at radius 1 is 0.805 bits per heavy atom. The fraction of sp³-hybridized carbons (Fsp3) is 0.333. The van der Waals surface area contributed by atoms with Crippen LogP contribution in [0.15, 0.2) is 102 Å². The third-order valence-electron chi connectivity index (χ3n) is 7.35. The highest BCUT2D eigenvalue weighted by atomic mass is 16.5. The number of fused-ring (bicyclic) bond motifs is 2. The van der Waals surface area contributed by atoms with Gasteiger partial charge in [-0.3, -0.25) is 0 Å². The standard InChI is InChI=1S/C18H17N3O.C13H15N3O.C2H6/c1-3-16-15-11-7-10-14(13-8-5-4-6-9-13)17(15)22-12-18(16,2)20-21-19;1-4-11-10-7-9(2)5-6-12(10)17-8-13(11,3)15-16-14;1-2/h3-11,16H,1,12H2,2H3;4-7,11H,1,8H2,2-3H3;1-2H3/t16-,18+;11-,13+;/m00./s1. The zero-order chi connectivity index (χ0) is 30.0. The van der Waals surface area contributed by atoms with Gasteiger partial charge in [0.15, 0.2) is 0 Å². The van der Waals surface area contributed by atoms with Crippen LogP contribution in [0.2, 0.25) is 0 Å². The van der Waals surface area contributed by atoms with Crippen LogP contribution in [0.4, 0.5) is 0 Å². The van der Waals surface area contributed by atoms with Crippen molar-refractivity contribution in [3.8, 4) is 22.6 Å². The summed E-state index contributed by atoms with van der Waals surface area (Å²) < 4.78 is 11.7. The average Bonchev–Trinajstić information content (AvgIpc) is 2.98. The van der Waals surface area contributed by atoms with Crippen LogP contribution in [0.25, 0.3) is 32.0 Å². The van der Waals surface area contributed by atoms with Crippen molar-refractivity contribution < 1.29 is 9.47 Å². The molecule has 8 heteroatoms. The molecule has 5 rings (SSSR count). The second-order valence-corrected chi connectivity index (χ2v) is 10.2. The molecule has 0 fully saturated rings. The Morgan fingerprint density at radius 2 is 1.39 bits per heavy atom. The van der Waals surface area contributed by atoms with Crippen LogP contribution in [0.5, 0.6) is 11.5 Å². The van der Waals surface area contributed by atoms with Crippen molar-refractivity contribution in [2.24, 2.45) is 10.2 Å². The number of azide groups is 2. The smallest absolute Gasteiger partial charge is 0.130 e. The van der Waals surface area contributed by atoms with Crippen LogP contribution >= 0.6 is 0 Å². The largest absolute Gasteiger partial charge is 0.493 e. The number of para-hydroxylation sites is 1. The number of benzene rings is 3. The molecule has 2 aliphatic heterocycles. The molecule has 2 heterocycles. The highest BCUT2D eigenvalue weighted by Gasteiger charge is 2.40. The Balaban J connectivity index is 0.000000219. The molecule has 0 aliphatic carbocycles. The molecule has 3 aromatic carbocycles. The summed E-state index contributed by atoms with van der Waals surface area (Å²) in [5.74, 6) is 1.62. The van der Waals surface area contributed by atoms with Crippen molar-refractivity contribution in [2.75, 3.05) is 13.2 Å². The van der Waals surface area contributed by atoms with Crippen molar-refractivity contribution in [3.05, 3.63) is 130 Å². The predicted molar refractivity (Wildman–Crippen MR) is 166 cm³/mol. The van der Waals surface area contributed by atoms with Crippen LogP contribution in [0.1, 0.15) is 56.2 Å². The van der Waals surface area contributed by atoms with Crippen LogP contribution in [0.3, 0.4) is 0 Å². The van der Waals surface area contributed by atoms with E-state index < -0.39 is 11.1 Å². The average molecular weight is 551 g/mol. The highest BCUT2D eigenvalue weighted by Crippen LogP contribution is 2.46. The molecule has 212 valence electrons. The summed E-state index contributed by atoms with van der Waals surface area (Å²) in [5.41, 5.74) is 21.6. The quantitative estimate of drug-likeness (QED) is 0.136. The summed E-state index contributed by atoms with van der Waals surface area (Å²) in [6.07, 6.45) is 3.67. The first kappa shape index (κ1) is 30.9. The lowest BCUT2D eigenvalue weighted by atomic mass is 9.78. The van der Waals surface area contributed by atoms with E-state index in [4.69, 9.17) is 20.5 Å². The van der Waals surface area contributed by atoms with Gasteiger partial charge in [0.25, 0.3) is 0 Å². The lowest BCUT2D eigenvalue weighted by molar-refractivity contribution is 0.189. The molecule has 41 heavy (non-hydrogen) atoms. The molecule has 3 aromatic rings. The number of rotatable bonds is 5. The summed E-state index contributed by atoms with van der Waals surface area (Å²) in [4.78, 5) is 5.90. The third-order valence-corrected chi connectivity index (χ3v) is 7.35. The summed E-state index contributed by atoms with van der Waals surface area (Å²) in [5, 5.41) is 7.83. The number of ether oxygens (including phenoxy) is 2. The summed E-state index contributed by atoms with van der Waals surface area (Å²) in [6.45, 7) is 18.3. The Labute approximate surface area is 242 Å². The van der Waals surface area contributed by atoms with E-state index in [9.17, 15) is 0 Å². The zero-order valence-electron chi connectivity index (χ0n) is 24.5. The summed E-state index contributed by atoms with van der Waals surface area (Å²) >= 11 is 0. The van der Waals surface area contributed by atoms with E-state index >= 15 is 0 Å². The van der Waals surface area contributed by atoms with E-state index in [1.807, 2.05) is 95.3 Å². The van der Waals surface area contributed by atoms with Gasteiger partial charge in [0.2, 0.25) is 0 Å². The van der Waals surface area contributed by atoms with E-state index in [2.05, 4.69) is 51.4 Å². The maximum absolute atomic E-state index is 8.85. The molecular formula is C33H38N6O2. The van der Waals surface area contributed by atoms with E-state index in [1.54, 1.807) is 0 Å². The number of aryl methyl sites for hydroxylation is 1. The van der Waals surface area contributed by atoms with Gasteiger partial charge in [-0.1, -0.05) is 102 Å². The van der Waals surface area contributed by atoms with Gasteiger partial charge in [-0.15, -0.1) is 13.2 Å². The van der Waals surface area contributed by atoms with Crippen molar-refractivity contribution in [2.45, 2.75) is 57.5 Å². The monoisotopic (exact) mass is 550 g/mol. The first-order chi connectivity index (χ1) is 19.8. The zero-order valence-corrected chi connectivity index (χ0v) is 24.5. The molecule has 0 spiro atoms. The lowest BCUT2D eigenvalue weighted by Crippen LogP contribution is -2.40. The number of nitrogens with zero attached hydrogens (tertiary/aromatic N) is 6. The van der Waals surface area contributed by atoms with Crippen molar-refractivity contribution >= 4 is 0 Å². The first-order valence-corrected chi connectivity index (χ1v) is 13.7. The molecule has 0 saturated heterocycles. The lowest BCUT2D eigenvalue weighted by Gasteiger charge is -2.38. The van der Waals surface area contributed by atoms with E-state index in [-0.39, 0.29) is 11.8 Å². The minimum absolute atomic E-state index is 0.0120. The van der Waals surface area contributed by atoms with Gasteiger partial charge in [-0.25, -0.2) is 0 Å². The Morgan fingerprint density at radius 3 is 1.98 bits per heavy atom. The Hall–Kier alpha value is -4.64. The Bertz CT molecular complexity index is 1480. The van der Waals surface area contributed by atoms with Gasteiger partial charge in [-0.2, -0.15) is 0 Å². The molecule has 0 amide bonds. The number of hydrogen-bond acceptors (Lipinski definition) is 4. The van der Waals surface area contributed by atoms with Crippen molar-refractivity contribution in [1.82, 2.24) is 0 Å². The molecule has 0 bridgehead atoms. The van der Waals surface area contributed by atoms with E-state index in [0.29, 0.717) is 13.2 Å². The second-order valence-electron chi connectivity index (χ2n) is 10.2. The first-order valence-electron chi connectivity index (χ1n) is 13.7. The molecular weight excluding hydrogens is 512 g/mol. The van der Waals surface area contributed by atoms with Gasteiger partial charge in [-0.05, 0) is 43.5 Å². The second kappa shape index (κ2) is 13.6. The predicted octanol–water partition coefficient (Wildman–Crippen LogP) is 9.84. The van der Waals surface area contributed by atoms with Gasteiger partial charge in [0.1, 0.15) is 24.7 Å².